The Bertz CT molecular complexity index is 1550. The van der Waals surface area contributed by atoms with Gasteiger partial charge >= 0.3 is 0 Å². The Labute approximate surface area is 234 Å². The average Bonchev–Trinajstić information content (AvgIpc) is 3.22. The SMILES string of the molecule is Cc1ccccc1COc1ccc(C(O)=C2C(=O)C(=O)N(Cc3ccncc3)[C@@H]2c2ccc(N(C)C)cc2)cc1. The molecule has 202 valence electrons. The maximum absolute atomic E-state index is 13.4. The van der Waals surface area contributed by atoms with Gasteiger partial charge in [0.15, 0.2) is 0 Å². The molecule has 3 aromatic carbocycles. The van der Waals surface area contributed by atoms with E-state index in [0.29, 0.717) is 17.9 Å². The summed E-state index contributed by atoms with van der Waals surface area (Å²) in [4.78, 5) is 34.2. The summed E-state index contributed by atoms with van der Waals surface area (Å²) in [5.41, 5.74) is 5.28. The molecular weight excluding hydrogens is 502 g/mol. The van der Waals surface area contributed by atoms with E-state index in [2.05, 4.69) is 4.98 Å². The molecule has 0 spiro atoms. The van der Waals surface area contributed by atoms with Crippen LogP contribution in [0.4, 0.5) is 5.69 Å². The minimum Gasteiger partial charge on any atom is -0.507 e. The van der Waals surface area contributed by atoms with Gasteiger partial charge in [0.25, 0.3) is 11.7 Å². The van der Waals surface area contributed by atoms with E-state index < -0.39 is 17.7 Å². The molecule has 0 saturated carbocycles. The van der Waals surface area contributed by atoms with Crippen LogP contribution in [0.5, 0.6) is 5.75 Å². The molecule has 5 rings (SSSR count). The van der Waals surface area contributed by atoms with Crippen molar-refractivity contribution in [1.82, 2.24) is 9.88 Å². The van der Waals surface area contributed by atoms with E-state index in [-0.39, 0.29) is 17.9 Å². The van der Waals surface area contributed by atoms with E-state index in [1.165, 1.54) is 4.90 Å². The van der Waals surface area contributed by atoms with Crippen LogP contribution in [-0.2, 0) is 22.7 Å². The van der Waals surface area contributed by atoms with Gasteiger partial charge in [0.05, 0.1) is 11.6 Å². The van der Waals surface area contributed by atoms with Crippen LogP contribution < -0.4 is 9.64 Å². The molecule has 4 aromatic rings. The normalized spacial score (nSPS) is 16.3. The van der Waals surface area contributed by atoms with Crippen LogP contribution in [0.1, 0.15) is 33.9 Å². The number of hydrogen-bond donors (Lipinski definition) is 1. The average molecular weight is 534 g/mol. The lowest BCUT2D eigenvalue weighted by atomic mass is 9.95. The summed E-state index contributed by atoms with van der Waals surface area (Å²) in [5.74, 6) is -0.956. The second kappa shape index (κ2) is 11.5. The summed E-state index contributed by atoms with van der Waals surface area (Å²) < 4.78 is 5.94. The number of aliphatic hydroxyl groups excluding tert-OH is 1. The fourth-order valence-electron chi connectivity index (χ4n) is 4.83. The topological polar surface area (TPSA) is 83.0 Å². The van der Waals surface area contributed by atoms with Gasteiger partial charge in [-0.25, -0.2) is 0 Å². The molecule has 1 amide bonds. The first-order valence-corrected chi connectivity index (χ1v) is 13.1. The Morgan fingerprint density at radius 2 is 1.60 bits per heavy atom. The summed E-state index contributed by atoms with van der Waals surface area (Å²) >= 11 is 0. The monoisotopic (exact) mass is 533 g/mol. The minimum absolute atomic E-state index is 0.0604. The number of ketones is 1. The lowest BCUT2D eigenvalue weighted by molar-refractivity contribution is -0.140. The molecule has 1 saturated heterocycles. The van der Waals surface area contributed by atoms with Crippen LogP contribution in [0.15, 0.2) is 103 Å². The molecule has 1 aromatic heterocycles. The molecule has 1 aliphatic heterocycles. The van der Waals surface area contributed by atoms with Crippen molar-refractivity contribution in [3.05, 3.63) is 131 Å². The number of aliphatic hydroxyl groups is 1. The van der Waals surface area contributed by atoms with E-state index in [9.17, 15) is 14.7 Å². The number of likely N-dealkylation sites (tertiary alicyclic amines) is 1. The molecule has 0 bridgehead atoms. The number of Topliss-reactive ketones (excluding diaryl/α,β-unsaturated/α-hetero) is 1. The van der Waals surface area contributed by atoms with Gasteiger partial charge in [-0.15, -0.1) is 0 Å². The highest BCUT2D eigenvalue weighted by atomic mass is 16.5. The summed E-state index contributed by atoms with van der Waals surface area (Å²) in [6.07, 6.45) is 3.30. The summed E-state index contributed by atoms with van der Waals surface area (Å²) in [6, 6.07) is 25.4. The highest BCUT2D eigenvalue weighted by Gasteiger charge is 2.46. The van der Waals surface area contributed by atoms with Crippen molar-refractivity contribution in [3.8, 4) is 5.75 Å². The van der Waals surface area contributed by atoms with Gasteiger partial charge in [-0.1, -0.05) is 36.4 Å². The Morgan fingerprint density at radius 3 is 2.25 bits per heavy atom. The van der Waals surface area contributed by atoms with Crippen molar-refractivity contribution in [2.45, 2.75) is 26.1 Å². The number of ether oxygens (including phenoxy) is 1. The quantitative estimate of drug-likeness (QED) is 0.179. The lowest BCUT2D eigenvalue weighted by Gasteiger charge is -2.26. The highest BCUT2D eigenvalue weighted by molar-refractivity contribution is 6.46. The zero-order chi connectivity index (χ0) is 28.2. The predicted octanol–water partition coefficient (Wildman–Crippen LogP) is 5.66. The fourth-order valence-corrected chi connectivity index (χ4v) is 4.83. The largest absolute Gasteiger partial charge is 0.507 e. The van der Waals surface area contributed by atoms with Gasteiger partial charge in [0.1, 0.15) is 18.1 Å². The Hall–Kier alpha value is -4.91. The molecule has 0 aliphatic carbocycles. The first-order valence-electron chi connectivity index (χ1n) is 13.1. The van der Waals surface area contributed by atoms with Crippen molar-refractivity contribution >= 4 is 23.1 Å². The van der Waals surface area contributed by atoms with Crippen molar-refractivity contribution in [2.75, 3.05) is 19.0 Å². The number of anilines is 1. The third kappa shape index (κ3) is 5.45. The summed E-state index contributed by atoms with van der Waals surface area (Å²) in [6.45, 7) is 2.66. The number of aromatic nitrogens is 1. The first-order chi connectivity index (χ1) is 19.3. The zero-order valence-corrected chi connectivity index (χ0v) is 22.7. The molecule has 0 radical (unpaired) electrons. The molecule has 7 nitrogen and oxygen atoms in total. The maximum Gasteiger partial charge on any atom is 0.295 e. The van der Waals surface area contributed by atoms with E-state index in [0.717, 1.165) is 27.9 Å². The van der Waals surface area contributed by atoms with Crippen molar-refractivity contribution < 1.29 is 19.4 Å². The van der Waals surface area contributed by atoms with Gasteiger partial charge in [0, 0.05) is 44.3 Å². The van der Waals surface area contributed by atoms with Crippen molar-refractivity contribution in [2.24, 2.45) is 0 Å². The van der Waals surface area contributed by atoms with Crippen LogP contribution in [0.2, 0.25) is 0 Å². The minimum atomic E-state index is -0.749. The second-order valence-corrected chi connectivity index (χ2v) is 10.0. The third-order valence-corrected chi connectivity index (χ3v) is 7.15. The molecule has 1 N–H and O–H groups in total. The van der Waals surface area contributed by atoms with Gasteiger partial charge in [0.2, 0.25) is 0 Å². The predicted molar refractivity (Wildman–Crippen MR) is 155 cm³/mol. The van der Waals surface area contributed by atoms with Crippen LogP contribution in [0.25, 0.3) is 5.76 Å². The number of hydrogen-bond acceptors (Lipinski definition) is 6. The lowest BCUT2D eigenvalue weighted by Crippen LogP contribution is -2.29. The fraction of sp³-hybridized carbons (Fsp3) is 0.182. The van der Waals surface area contributed by atoms with E-state index >= 15 is 0 Å². The summed E-state index contributed by atoms with van der Waals surface area (Å²) in [5, 5.41) is 11.4. The molecule has 7 heteroatoms. The maximum atomic E-state index is 13.4. The molecule has 2 heterocycles. The summed E-state index contributed by atoms with van der Waals surface area (Å²) in [7, 11) is 3.89. The molecule has 40 heavy (non-hydrogen) atoms. The van der Waals surface area contributed by atoms with Crippen LogP contribution in [-0.4, -0.2) is 40.8 Å². The molecule has 0 unspecified atom stereocenters. The van der Waals surface area contributed by atoms with Crippen molar-refractivity contribution in [3.63, 3.8) is 0 Å². The smallest absolute Gasteiger partial charge is 0.295 e. The Balaban J connectivity index is 1.48. The van der Waals surface area contributed by atoms with Crippen LogP contribution >= 0.6 is 0 Å². The number of rotatable bonds is 8. The van der Waals surface area contributed by atoms with Gasteiger partial charge in [-0.05, 0) is 77.7 Å². The first kappa shape index (κ1) is 26.7. The molecular formula is C33H31N3O4. The van der Waals surface area contributed by atoms with Crippen LogP contribution in [0.3, 0.4) is 0 Å². The standard InChI is InChI=1S/C33H31N3O4/c1-22-6-4-5-7-26(22)21-40-28-14-10-25(11-15-28)31(37)29-30(24-8-12-27(13-9-24)35(2)3)36(33(39)32(29)38)20-23-16-18-34-19-17-23/h4-19,30,37H,20-21H2,1-3H3/t30-/m1/s1. The molecule has 1 fully saturated rings. The number of nitrogens with zero attached hydrogens (tertiary/aromatic N) is 3. The number of carbonyl (C=O) groups excluding carboxylic acids is 2. The van der Waals surface area contributed by atoms with Gasteiger partial charge in [-0.3, -0.25) is 14.6 Å². The number of carbonyl (C=O) groups is 2. The Kier molecular flexibility index (Phi) is 7.64. The number of benzene rings is 3. The second-order valence-electron chi connectivity index (χ2n) is 10.0. The molecule has 1 aliphatic rings. The third-order valence-electron chi connectivity index (χ3n) is 7.15. The number of amides is 1. The van der Waals surface area contributed by atoms with E-state index in [4.69, 9.17) is 4.74 Å². The molecule has 1 atom stereocenters. The zero-order valence-electron chi connectivity index (χ0n) is 22.7. The number of pyridine rings is 1. The van der Waals surface area contributed by atoms with Crippen molar-refractivity contribution in [1.29, 1.82) is 0 Å². The van der Waals surface area contributed by atoms with Gasteiger partial charge < -0.3 is 19.6 Å². The van der Waals surface area contributed by atoms with Crippen LogP contribution in [0, 0.1) is 6.92 Å². The number of aryl methyl sites for hydroxylation is 1. The van der Waals surface area contributed by atoms with E-state index in [1.54, 1.807) is 48.8 Å². The Morgan fingerprint density at radius 1 is 0.925 bits per heavy atom. The highest BCUT2D eigenvalue weighted by Crippen LogP contribution is 2.40. The van der Waals surface area contributed by atoms with E-state index in [1.807, 2.05) is 74.4 Å². The van der Waals surface area contributed by atoms with Gasteiger partial charge in [-0.2, -0.15) is 0 Å².